The second kappa shape index (κ2) is 5.87. The molecule has 1 heterocycles. The van der Waals surface area contributed by atoms with Crippen LogP contribution in [0.15, 0.2) is 10.5 Å². The molecule has 1 amide bonds. The number of aliphatic hydroxyl groups is 1. The third kappa shape index (κ3) is 3.33. The molecule has 4 heteroatoms. The van der Waals surface area contributed by atoms with E-state index in [4.69, 9.17) is 9.52 Å². The van der Waals surface area contributed by atoms with E-state index in [9.17, 15) is 4.79 Å². The first-order valence-electron chi connectivity index (χ1n) is 5.96. The van der Waals surface area contributed by atoms with E-state index >= 15 is 0 Å². The van der Waals surface area contributed by atoms with Crippen molar-refractivity contribution >= 4 is 5.91 Å². The van der Waals surface area contributed by atoms with Crippen LogP contribution < -0.4 is 0 Å². The van der Waals surface area contributed by atoms with E-state index < -0.39 is 0 Å². The lowest BCUT2D eigenvalue weighted by Crippen LogP contribution is -2.38. The number of hydrogen-bond donors (Lipinski definition) is 1. The molecular formula is C13H21NO3. The number of aryl methyl sites for hydroxylation is 2. The van der Waals surface area contributed by atoms with Crippen LogP contribution in [0.5, 0.6) is 0 Å². The lowest BCUT2D eigenvalue weighted by atomic mass is 10.2. The SMILES string of the molecule is Cc1cc(C(=O)N(CCCO)C(C)C)c(C)o1. The van der Waals surface area contributed by atoms with E-state index in [2.05, 4.69) is 0 Å². The molecule has 0 spiro atoms. The van der Waals surface area contributed by atoms with Crippen molar-refractivity contribution in [1.82, 2.24) is 4.90 Å². The van der Waals surface area contributed by atoms with E-state index in [1.807, 2.05) is 20.8 Å². The number of carbonyl (C=O) groups excluding carboxylic acids is 1. The van der Waals surface area contributed by atoms with E-state index in [1.165, 1.54) is 0 Å². The lowest BCUT2D eigenvalue weighted by Gasteiger charge is -2.26. The van der Waals surface area contributed by atoms with Crippen molar-refractivity contribution in [2.75, 3.05) is 13.2 Å². The molecule has 0 aliphatic rings. The molecule has 0 aromatic carbocycles. The summed E-state index contributed by atoms with van der Waals surface area (Å²) < 4.78 is 5.37. The van der Waals surface area contributed by atoms with E-state index in [0.29, 0.717) is 24.3 Å². The summed E-state index contributed by atoms with van der Waals surface area (Å²) in [6.45, 7) is 8.23. The minimum atomic E-state index is -0.0252. The molecule has 1 aromatic heterocycles. The number of aliphatic hydroxyl groups excluding tert-OH is 1. The summed E-state index contributed by atoms with van der Waals surface area (Å²) in [5.74, 6) is 1.38. The van der Waals surface area contributed by atoms with Gasteiger partial charge in [0, 0.05) is 19.2 Å². The molecule has 17 heavy (non-hydrogen) atoms. The van der Waals surface area contributed by atoms with Crippen molar-refractivity contribution in [3.05, 3.63) is 23.2 Å². The zero-order valence-corrected chi connectivity index (χ0v) is 11.0. The van der Waals surface area contributed by atoms with Crippen molar-refractivity contribution in [3.63, 3.8) is 0 Å². The molecule has 0 unspecified atom stereocenters. The molecule has 0 radical (unpaired) electrons. The Bertz CT molecular complexity index is 382. The molecule has 0 bridgehead atoms. The maximum absolute atomic E-state index is 12.3. The molecule has 0 aliphatic heterocycles. The van der Waals surface area contributed by atoms with Crippen LogP contribution in [0, 0.1) is 13.8 Å². The Labute approximate surface area is 102 Å². The Morgan fingerprint density at radius 1 is 1.47 bits per heavy atom. The summed E-state index contributed by atoms with van der Waals surface area (Å²) in [5.41, 5.74) is 0.620. The largest absolute Gasteiger partial charge is 0.466 e. The Hall–Kier alpha value is -1.29. The predicted octanol–water partition coefficient (Wildman–Crippen LogP) is 2.13. The van der Waals surface area contributed by atoms with E-state index in [-0.39, 0.29) is 18.6 Å². The average molecular weight is 239 g/mol. The summed E-state index contributed by atoms with van der Waals surface area (Å²) in [6, 6.07) is 1.88. The Morgan fingerprint density at radius 3 is 2.53 bits per heavy atom. The highest BCUT2D eigenvalue weighted by atomic mass is 16.3. The van der Waals surface area contributed by atoms with Crippen LogP contribution in [0.2, 0.25) is 0 Å². The van der Waals surface area contributed by atoms with Gasteiger partial charge in [-0.15, -0.1) is 0 Å². The summed E-state index contributed by atoms with van der Waals surface area (Å²) in [4.78, 5) is 14.1. The minimum Gasteiger partial charge on any atom is -0.466 e. The zero-order valence-electron chi connectivity index (χ0n) is 11.0. The fourth-order valence-corrected chi connectivity index (χ4v) is 1.83. The number of hydrogen-bond acceptors (Lipinski definition) is 3. The quantitative estimate of drug-likeness (QED) is 0.856. The Balaban J connectivity index is 2.87. The van der Waals surface area contributed by atoms with Gasteiger partial charge in [0.15, 0.2) is 0 Å². The van der Waals surface area contributed by atoms with Gasteiger partial charge in [0.25, 0.3) is 5.91 Å². The maximum Gasteiger partial charge on any atom is 0.257 e. The second-order valence-electron chi connectivity index (χ2n) is 4.50. The number of carbonyl (C=O) groups is 1. The molecule has 4 nitrogen and oxygen atoms in total. The van der Waals surface area contributed by atoms with Gasteiger partial charge in [-0.2, -0.15) is 0 Å². The zero-order chi connectivity index (χ0) is 13.0. The van der Waals surface area contributed by atoms with Gasteiger partial charge in [0.05, 0.1) is 5.56 Å². The van der Waals surface area contributed by atoms with Crippen LogP contribution in [0.3, 0.4) is 0 Å². The van der Waals surface area contributed by atoms with Crippen molar-refractivity contribution in [2.45, 2.75) is 40.2 Å². The Kier molecular flexibility index (Phi) is 4.75. The number of nitrogens with zero attached hydrogens (tertiary/aromatic N) is 1. The highest BCUT2D eigenvalue weighted by Crippen LogP contribution is 2.17. The lowest BCUT2D eigenvalue weighted by molar-refractivity contribution is 0.0691. The monoisotopic (exact) mass is 239 g/mol. The number of amides is 1. The van der Waals surface area contributed by atoms with Crippen LogP contribution in [-0.2, 0) is 0 Å². The fourth-order valence-electron chi connectivity index (χ4n) is 1.83. The molecule has 1 rings (SSSR count). The average Bonchev–Trinajstić information content (AvgIpc) is 2.57. The van der Waals surface area contributed by atoms with Gasteiger partial charge in [0.2, 0.25) is 0 Å². The molecule has 0 aliphatic carbocycles. The summed E-state index contributed by atoms with van der Waals surface area (Å²) in [5, 5.41) is 8.85. The number of furan rings is 1. The highest BCUT2D eigenvalue weighted by Gasteiger charge is 2.22. The third-order valence-electron chi connectivity index (χ3n) is 2.71. The fraction of sp³-hybridized carbons (Fsp3) is 0.615. The second-order valence-corrected chi connectivity index (χ2v) is 4.50. The number of rotatable bonds is 5. The Morgan fingerprint density at radius 2 is 2.12 bits per heavy atom. The topological polar surface area (TPSA) is 53.7 Å². The molecule has 0 saturated carbocycles. The first kappa shape index (κ1) is 13.8. The van der Waals surface area contributed by atoms with Gasteiger partial charge in [-0.05, 0) is 40.2 Å². The van der Waals surface area contributed by atoms with Crippen LogP contribution in [0.1, 0.15) is 42.1 Å². The third-order valence-corrected chi connectivity index (χ3v) is 2.71. The summed E-state index contributed by atoms with van der Waals surface area (Å²) >= 11 is 0. The molecule has 0 saturated heterocycles. The maximum atomic E-state index is 12.3. The standard InChI is InChI=1S/C13H21NO3/c1-9(2)14(6-5-7-15)13(16)12-8-10(3)17-11(12)4/h8-9,15H,5-7H2,1-4H3. The molecular weight excluding hydrogens is 218 g/mol. The van der Waals surface area contributed by atoms with Crippen molar-refractivity contribution in [3.8, 4) is 0 Å². The van der Waals surface area contributed by atoms with Crippen LogP contribution in [0.4, 0.5) is 0 Å². The summed E-state index contributed by atoms with van der Waals surface area (Å²) in [6.07, 6.45) is 0.597. The summed E-state index contributed by atoms with van der Waals surface area (Å²) in [7, 11) is 0. The highest BCUT2D eigenvalue weighted by molar-refractivity contribution is 5.95. The van der Waals surface area contributed by atoms with Crippen LogP contribution in [-0.4, -0.2) is 35.1 Å². The van der Waals surface area contributed by atoms with Gasteiger partial charge in [-0.3, -0.25) is 4.79 Å². The smallest absolute Gasteiger partial charge is 0.257 e. The first-order valence-corrected chi connectivity index (χ1v) is 5.96. The van der Waals surface area contributed by atoms with Crippen molar-refractivity contribution in [2.24, 2.45) is 0 Å². The molecule has 0 fully saturated rings. The van der Waals surface area contributed by atoms with Crippen molar-refractivity contribution in [1.29, 1.82) is 0 Å². The molecule has 96 valence electrons. The van der Waals surface area contributed by atoms with Gasteiger partial charge in [-0.25, -0.2) is 0 Å². The minimum absolute atomic E-state index is 0.0252. The van der Waals surface area contributed by atoms with Crippen LogP contribution >= 0.6 is 0 Å². The van der Waals surface area contributed by atoms with Gasteiger partial charge in [-0.1, -0.05) is 0 Å². The normalized spacial score (nSPS) is 10.9. The first-order chi connectivity index (χ1) is 7.97. The van der Waals surface area contributed by atoms with Gasteiger partial charge < -0.3 is 14.4 Å². The molecule has 0 atom stereocenters. The molecule has 1 N–H and O–H groups in total. The molecule has 1 aromatic rings. The van der Waals surface area contributed by atoms with Crippen LogP contribution in [0.25, 0.3) is 0 Å². The van der Waals surface area contributed by atoms with Crippen molar-refractivity contribution < 1.29 is 14.3 Å². The van der Waals surface area contributed by atoms with Gasteiger partial charge in [0.1, 0.15) is 11.5 Å². The van der Waals surface area contributed by atoms with E-state index in [0.717, 1.165) is 5.76 Å². The predicted molar refractivity (Wildman–Crippen MR) is 66.1 cm³/mol. The van der Waals surface area contributed by atoms with E-state index in [1.54, 1.807) is 17.9 Å². The van der Waals surface area contributed by atoms with Gasteiger partial charge >= 0.3 is 0 Å².